The van der Waals surface area contributed by atoms with E-state index in [1.165, 1.54) is 18.2 Å². The highest BCUT2D eigenvalue weighted by molar-refractivity contribution is 6.05. The van der Waals surface area contributed by atoms with Gasteiger partial charge in [-0.05, 0) is 75.2 Å². The molecule has 0 aromatic heterocycles. The number of halogens is 1. The fraction of sp³-hybridized carbons (Fsp3) is 0.231. The molecule has 0 fully saturated rings. The SMILES string of the molecule is Cc1ccc(C(=O)NC(C)c2cccc(OC(C)C)c2)cc1NC(=O)c1ccccc1F. The molecule has 5 nitrogen and oxygen atoms in total. The highest BCUT2D eigenvalue weighted by Gasteiger charge is 2.16. The second kappa shape index (κ2) is 10.1. The van der Waals surface area contributed by atoms with Gasteiger partial charge in [-0.25, -0.2) is 4.39 Å². The normalized spacial score (nSPS) is 11.7. The van der Waals surface area contributed by atoms with Crippen LogP contribution in [0, 0.1) is 12.7 Å². The number of ether oxygens (including phenoxy) is 1. The summed E-state index contributed by atoms with van der Waals surface area (Å²) in [5.41, 5.74) is 2.46. The van der Waals surface area contributed by atoms with Crippen LogP contribution in [0.2, 0.25) is 0 Å². The Labute approximate surface area is 187 Å². The van der Waals surface area contributed by atoms with Gasteiger partial charge < -0.3 is 15.4 Å². The Kier molecular flexibility index (Phi) is 7.25. The lowest BCUT2D eigenvalue weighted by Crippen LogP contribution is -2.27. The van der Waals surface area contributed by atoms with Crippen LogP contribution in [-0.4, -0.2) is 17.9 Å². The molecule has 1 atom stereocenters. The van der Waals surface area contributed by atoms with Crippen molar-refractivity contribution in [2.45, 2.75) is 39.8 Å². The summed E-state index contributed by atoms with van der Waals surface area (Å²) in [5, 5.41) is 5.66. The minimum atomic E-state index is -0.603. The maximum Gasteiger partial charge on any atom is 0.258 e. The molecule has 0 aliphatic carbocycles. The van der Waals surface area contributed by atoms with Gasteiger partial charge in [-0.1, -0.05) is 30.3 Å². The standard InChI is InChI=1S/C26H27FN2O3/c1-16(2)32-21-9-7-8-19(14-21)18(4)28-25(30)20-13-12-17(3)24(15-20)29-26(31)22-10-5-6-11-23(22)27/h5-16,18H,1-4H3,(H,28,30)(H,29,31). The van der Waals surface area contributed by atoms with Crippen molar-refractivity contribution in [3.63, 3.8) is 0 Å². The number of benzene rings is 3. The van der Waals surface area contributed by atoms with Crippen molar-refractivity contribution in [3.8, 4) is 5.75 Å². The van der Waals surface area contributed by atoms with Crippen molar-refractivity contribution in [3.05, 3.63) is 94.8 Å². The third-order valence-corrected chi connectivity index (χ3v) is 4.94. The van der Waals surface area contributed by atoms with E-state index in [1.807, 2.05) is 52.0 Å². The van der Waals surface area contributed by atoms with Crippen LogP contribution < -0.4 is 15.4 Å². The van der Waals surface area contributed by atoms with Crippen molar-refractivity contribution in [1.29, 1.82) is 0 Å². The summed E-state index contributed by atoms with van der Waals surface area (Å²) in [6.07, 6.45) is 0.0562. The van der Waals surface area contributed by atoms with Gasteiger partial charge in [0.25, 0.3) is 11.8 Å². The second-order valence-electron chi connectivity index (χ2n) is 7.90. The highest BCUT2D eigenvalue weighted by atomic mass is 19.1. The molecule has 166 valence electrons. The summed E-state index contributed by atoms with van der Waals surface area (Å²) in [7, 11) is 0. The van der Waals surface area contributed by atoms with Gasteiger partial charge in [-0.15, -0.1) is 0 Å². The maximum absolute atomic E-state index is 13.9. The Balaban J connectivity index is 1.74. The zero-order chi connectivity index (χ0) is 23.3. The Morgan fingerprint density at radius 2 is 1.66 bits per heavy atom. The maximum atomic E-state index is 13.9. The average Bonchev–Trinajstić information content (AvgIpc) is 2.75. The van der Waals surface area contributed by atoms with Crippen molar-refractivity contribution >= 4 is 17.5 Å². The van der Waals surface area contributed by atoms with Crippen LogP contribution in [0.4, 0.5) is 10.1 Å². The fourth-order valence-electron chi connectivity index (χ4n) is 3.23. The second-order valence-corrected chi connectivity index (χ2v) is 7.90. The Morgan fingerprint density at radius 3 is 2.38 bits per heavy atom. The summed E-state index contributed by atoms with van der Waals surface area (Å²) in [5.74, 6) is -0.714. The van der Waals surface area contributed by atoms with E-state index in [1.54, 1.807) is 24.3 Å². The lowest BCUT2D eigenvalue weighted by molar-refractivity contribution is 0.0938. The molecule has 2 N–H and O–H groups in total. The minimum Gasteiger partial charge on any atom is -0.491 e. The molecule has 0 spiro atoms. The average molecular weight is 435 g/mol. The fourth-order valence-corrected chi connectivity index (χ4v) is 3.23. The topological polar surface area (TPSA) is 67.4 Å². The van der Waals surface area contributed by atoms with E-state index in [0.29, 0.717) is 11.3 Å². The van der Waals surface area contributed by atoms with Crippen LogP contribution in [0.5, 0.6) is 5.75 Å². The van der Waals surface area contributed by atoms with Gasteiger partial charge >= 0.3 is 0 Å². The third kappa shape index (κ3) is 5.72. The number of nitrogens with one attached hydrogen (secondary N) is 2. The Morgan fingerprint density at radius 1 is 0.906 bits per heavy atom. The molecule has 0 radical (unpaired) electrons. The number of amides is 2. The van der Waals surface area contributed by atoms with Gasteiger partial charge in [-0.2, -0.15) is 0 Å². The van der Waals surface area contributed by atoms with Crippen molar-refractivity contribution in [2.24, 2.45) is 0 Å². The molecule has 0 saturated heterocycles. The first-order valence-electron chi connectivity index (χ1n) is 10.5. The molecule has 1 unspecified atom stereocenters. The van der Waals surface area contributed by atoms with E-state index in [0.717, 1.165) is 16.9 Å². The van der Waals surface area contributed by atoms with Crippen molar-refractivity contribution in [2.75, 3.05) is 5.32 Å². The largest absolute Gasteiger partial charge is 0.491 e. The van der Waals surface area contributed by atoms with Gasteiger partial charge in [-0.3, -0.25) is 9.59 Å². The first-order valence-corrected chi connectivity index (χ1v) is 10.5. The summed E-state index contributed by atoms with van der Waals surface area (Å²) in [6.45, 7) is 7.61. The first kappa shape index (κ1) is 23.0. The summed E-state index contributed by atoms with van der Waals surface area (Å²) in [6, 6.07) is 18.1. The molecule has 0 aliphatic heterocycles. The summed E-state index contributed by atoms with van der Waals surface area (Å²) in [4.78, 5) is 25.3. The van der Waals surface area contributed by atoms with E-state index in [2.05, 4.69) is 10.6 Å². The molecule has 6 heteroatoms. The van der Waals surface area contributed by atoms with Crippen LogP contribution in [0.3, 0.4) is 0 Å². The number of anilines is 1. The number of rotatable bonds is 7. The molecular weight excluding hydrogens is 407 g/mol. The van der Waals surface area contributed by atoms with E-state index in [9.17, 15) is 14.0 Å². The van der Waals surface area contributed by atoms with Crippen LogP contribution in [0.15, 0.2) is 66.7 Å². The molecule has 32 heavy (non-hydrogen) atoms. The molecule has 0 saturated carbocycles. The zero-order valence-electron chi connectivity index (χ0n) is 18.6. The summed E-state index contributed by atoms with van der Waals surface area (Å²) < 4.78 is 19.6. The van der Waals surface area contributed by atoms with Crippen LogP contribution in [0.1, 0.15) is 58.7 Å². The monoisotopic (exact) mass is 434 g/mol. The Bertz CT molecular complexity index is 1130. The van der Waals surface area contributed by atoms with Gasteiger partial charge in [0.15, 0.2) is 0 Å². The third-order valence-electron chi connectivity index (χ3n) is 4.94. The number of aryl methyl sites for hydroxylation is 1. The van der Waals surface area contributed by atoms with Gasteiger partial charge in [0.2, 0.25) is 0 Å². The van der Waals surface area contributed by atoms with Crippen LogP contribution >= 0.6 is 0 Å². The predicted molar refractivity (Wildman–Crippen MR) is 124 cm³/mol. The van der Waals surface area contributed by atoms with E-state index < -0.39 is 11.7 Å². The van der Waals surface area contributed by atoms with Crippen molar-refractivity contribution in [1.82, 2.24) is 5.32 Å². The number of carbonyl (C=O) groups excluding carboxylic acids is 2. The molecule has 3 aromatic rings. The van der Waals surface area contributed by atoms with Crippen molar-refractivity contribution < 1.29 is 18.7 Å². The van der Waals surface area contributed by atoms with Crippen LogP contribution in [0.25, 0.3) is 0 Å². The first-order chi connectivity index (χ1) is 15.2. The molecule has 3 rings (SSSR count). The van der Waals surface area contributed by atoms with Gasteiger partial charge in [0, 0.05) is 11.3 Å². The molecule has 0 bridgehead atoms. The van der Waals surface area contributed by atoms with E-state index in [4.69, 9.17) is 4.74 Å². The van der Waals surface area contributed by atoms with E-state index >= 15 is 0 Å². The minimum absolute atomic E-state index is 0.0562. The lowest BCUT2D eigenvalue weighted by atomic mass is 10.1. The molecule has 2 amide bonds. The quantitative estimate of drug-likeness (QED) is 0.504. The number of carbonyl (C=O) groups is 2. The number of hydrogen-bond acceptors (Lipinski definition) is 3. The smallest absolute Gasteiger partial charge is 0.258 e. The van der Waals surface area contributed by atoms with Crippen LogP contribution in [-0.2, 0) is 0 Å². The summed E-state index contributed by atoms with van der Waals surface area (Å²) >= 11 is 0. The molecule has 3 aromatic carbocycles. The lowest BCUT2D eigenvalue weighted by Gasteiger charge is -2.17. The number of hydrogen-bond donors (Lipinski definition) is 2. The zero-order valence-corrected chi connectivity index (χ0v) is 18.6. The highest BCUT2D eigenvalue weighted by Crippen LogP contribution is 2.22. The van der Waals surface area contributed by atoms with Gasteiger partial charge in [0.1, 0.15) is 11.6 Å². The Hall–Kier alpha value is -3.67. The molecular formula is C26H27FN2O3. The molecule has 0 heterocycles. The van der Waals surface area contributed by atoms with E-state index in [-0.39, 0.29) is 23.6 Å². The predicted octanol–water partition coefficient (Wildman–Crippen LogP) is 5.66. The van der Waals surface area contributed by atoms with Gasteiger partial charge in [0.05, 0.1) is 17.7 Å². The molecule has 0 aliphatic rings.